The molecule has 5 nitrogen and oxygen atoms in total. The number of piperidine rings is 1. The number of carbonyl (C=O) groups is 1. The van der Waals surface area contributed by atoms with Crippen LogP contribution >= 0.6 is 0 Å². The van der Waals surface area contributed by atoms with Gasteiger partial charge in [0.05, 0.1) is 17.8 Å². The summed E-state index contributed by atoms with van der Waals surface area (Å²) >= 11 is 0. The van der Waals surface area contributed by atoms with Gasteiger partial charge in [0.15, 0.2) is 0 Å². The van der Waals surface area contributed by atoms with Crippen LogP contribution in [0.3, 0.4) is 0 Å². The number of benzene rings is 1. The second-order valence-electron chi connectivity index (χ2n) is 7.37. The summed E-state index contributed by atoms with van der Waals surface area (Å²) in [6, 6.07) is 12.2. The third kappa shape index (κ3) is 4.09. The number of aromatic nitrogens is 3. The van der Waals surface area contributed by atoms with Gasteiger partial charge in [-0.15, -0.1) is 0 Å². The third-order valence-corrected chi connectivity index (χ3v) is 5.28. The van der Waals surface area contributed by atoms with Gasteiger partial charge in [-0.2, -0.15) is 0 Å². The summed E-state index contributed by atoms with van der Waals surface area (Å²) in [5, 5.41) is 0. The van der Waals surface area contributed by atoms with Gasteiger partial charge < -0.3 is 4.90 Å². The lowest BCUT2D eigenvalue weighted by Crippen LogP contribution is -2.40. The predicted molar refractivity (Wildman–Crippen MR) is 109 cm³/mol. The highest BCUT2D eigenvalue weighted by atomic mass is 16.2. The van der Waals surface area contributed by atoms with Crippen molar-refractivity contribution in [2.24, 2.45) is 0 Å². The van der Waals surface area contributed by atoms with E-state index in [2.05, 4.69) is 46.1 Å². The molecular weight excluding hydrogens is 348 g/mol. The highest BCUT2D eigenvalue weighted by Gasteiger charge is 2.28. The zero-order chi connectivity index (χ0) is 19.3. The summed E-state index contributed by atoms with van der Waals surface area (Å²) in [5.41, 5.74) is 5.21. The lowest BCUT2D eigenvalue weighted by Gasteiger charge is -2.33. The summed E-state index contributed by atoms with van der Waals surface area (Å²) in [5.74, 6) is 0.372. The van der Waals surface area contributed by atoms with Crippen LogP contribution in [0.2, 0.25) is 0 Å². The minimum Gasteiger partial charge on any atom is -0.342 e. The number of hydrogen-bond acceptors (Lipinski definition) is 4. The molecule has 5 heteroatoms. The fourth-order valence-corrected chi connectivity index (χ4v) is 3.88. The van der Waals surface area contributed by atoms with Gasteiger partial charge in [-0.25, -0.2) is 0 Å². The van der Waals surface area contributed by atoms with Crippen LogP contribution in [-0.2, 0) is 11.2 Å². The van der Waals surface area contributed by atoms with Crippen molar-refractivity contribution in [1.29, 1.82) is 0 Å². The zero-order valence-corrected chi connectivity index (χ0v) is 16.1. The van der Waals surface area contributed by atoms with Gasteiger partial charge in [-0.3, -0.25) is 19.7 Å². The maximum Gasteiger partial charge on any atom is 0.227 e. The second kappa shape index (κ2) is 8.30. The van der Waals surface area contributed by atoms with Gasteiger partial charge >= 0.3 is 0 Å². The predicted octanol–water partition coefficient (Wildman–Crippen LogP) is 3.80. The standard InChI is InChI=1S/C23H24N4O/c1-17-4-2-5-19(14-17)22-23(26-12-11-25-22)20-6-3-13-27(16-20)21(28)15-18-7-9-24-10-8-18/h2,4-5,7-12,14,20H,3,6,13,15-16H2,1H3. The molecule has 1 amide bonds. The van der Waals surface area contributed by atoms with Gasteiger partial charge in [0, 0.05) is 49.4 Å². The Bertz CT molecular complexity index is 958. The topological polar surface area (TPSA) is 59.0 Å². The molecule has 1 atom stereocenters. The second-order valence-corrected chi connectivity index (χ2v) is 7.37. The van der Waals surface area contributed by atoms with Crippen molar-refractivity contribution in [2.45, 2.75) is 32.1 Å². The molecule has 3 aromatic rings. The smallest absolute Gasteiger partial charge is 0.227 e. The molecule has 1 fully saturated rings. The lowest BCUT2D eigenvalue weighted by atomic mass is 9.91. The Morgan fingerprint density at radius 1 is 1.11 bits per heavy atom. The lowest BCUT2D eigenvalue weighted by molar-refractivity contribution is -0.131. The van der Waals surface area contributed by atoms with Crippen molar-refractivity contribution >= 4 is 5.91 Å². The van der Waals surface area contributed by atoms with E-state index in [1.165, 1.54) is 5.56 Å². The van der Waals surface area contributed by atoms with E-state index >= 15 is 0 Å². The molecule has 4 rings (SSSR count). The minimum atomic E-state index is 0.164. The minimum absolute atomic E-state index is 0.164. The Balaban J connectivity index is 1.55. The summed E-state index contributed by atoms with van der Waals surface area (Å²) in [6.45, 7) is 3.58. The van der Waals surface area contributed by atoms with Crippen molar-refractivity contribution in [3.63, 3.8) is 0 Å². The van der Waals surface area contributed by atoms with Gasteiger partial charge in [-0.1, -0.05) is 23.8 Å². The molecule has 0 N–H and O–H groups in total. The van der Waals surface area contributed by atoms with Crippen molar-refractivity contribution in [3.8, 4) is 11.3 Å². The molecule has 1 aliphatic rings. The molecule has 0 aliphatic carbocycles. The number of aryl methyl sites for hydroxylation is 1. The number of rotatable bonds is 4. The molecule has 0 spiro atoms. The molecule has 1 unspecified atom stereocenters. The van der Waals surface area contributed by atoms with E-state index in [4.69, 9.17) is 0 Å². The molecule has 3 heterocycles. The van der Waals surface area contributed by atoms with E-state index in [1.54, 1.807) is 24.8 Å². The fraction of sp³-hybridized carbons (Fsp3) is 0.304. The molecule has 0 bridgehead atoms. The monoisotopic (exact) mass is 372 g/mol. The Hall–Kier alpha value is -3.08. The number of pyridine rings is 1. The first kappa shape index (κ1) is 18.3. The van der Waals surface area contributed by atoms with E-state index in [0.717, 1.165) is 41.9 Å². The average Bonchev–Trinajstić information content (AvgIpc) is 2.74. The Morgan fingerprint density at radius 3 is 2.75 bits per heavy atom. The average molecular weight is 372 g/mol. The molecule has 1 saturated heterocycles. The van der Waals surface area contributed by atoms with Crippen LogP contribution in [0.5, 0.6) is 0 Å². The Morgan fingerprint density at radius 2 is 1.93 bits per heavy atom. The summed E-state index contributed by atoms with van der Waals surface area (Å²) in [6.07, 6.45) is 9.39. The van der Waals surface area contributed by atoms with Crippen LogP contribution in [0, 0.1) is 6.92 Å². The molecule has 0 radical (unpaired) electrons. The fourth-order valence-electron chi connectivity index (χ4n) is 3.88. The van der Waals surface area contributed by atoms with Gasteiger partial charge in [0.1, 0.15) is 0 Å². The van der Waals surface area contributed by atoms with E-state index in [1.807, 2.05) is 17.0 Å². The normalized spacial score (nSPS) is 16.8. The highest BCUT2D eigenvalue weighted by Crippen LogP contribution is 2.32. The van der Waals surface area contributed by atoms with Crippen molar-refractivity contribution in [1.82, 2.24) is 19.9 Å². The zero-order valence-electron chi connectivity index (χ0n) is 16.1. The molecular formula is C23H24N4O. The SMILES string of the molecule is Cc1cccc(-c2nccnc2C2CCCN(C(=O)Cc3ccncc3)C2)c1. The number of carbonyl (C=O) groups excluding carboxylic acids is 1. The highest BCUT2D eigenvalue weighted by molar-refractivity contribution is 5.79. The van der Waals surface area contributed by atoms with Crippen molar-refractivity contribution in [3.05, 3.63) is 78.0 Å². The largest absolute Gasteiger partial charge is 0.342 e. The maximum absolute atomic E-state index is 12.8. The molecule has 1 aliphatic heterocycles. The molecule has 142 valence electrons. The van der Waals surface area contributed by atoms with E-state index in [-0.39, 0.29) is 11.8 Å². The van der Waals surface area contributed by atoms with Crippen LogP contribution in [-0.4, -0.2) is 38.8 Å². The van der Waals surface area contributed by atoms with E-state index in [9.17, 15) is 4.79 Å². The summed E-state index contributed by atoms with van der Waals surface area (Å²) < 4.78 is 0. The van der Waals surface area contributed by atoms with Crippen LogP contribution < -0.4 is 0 Å². The van der Waals surface area contributed by atoms with Gasteiger partial charge in [-0.05, 0) is 43.5 Å². The number of likely N-dealkylation sites (tertiary alicyclic amines) is 1. The van der Waals surface area contributed by atoms with Crippen LogP contribution in [0.1, 0.15) is 35.6 Å². The first-order valence-corrected chi connectivity index (χ1v) is 9.75. The Labute approximate surface area is 165 Å². The Kier molecular flexibility index (Phi) is 5.42. The quantitative estimate of drug-likeness (QED) is 0.699. The van der Waals surface area contributed by atoms with E-state index in [0.29, 0.717) is 13.0 Å². The van der Waals surface area contributed by atoms with Crippen molar-refractivity contribution < 1.29 is 4.79 Å². The third-order valence-electron chi connectivity index (χ3n) is 5.28. The van der Waals surface area contributed by atoms with Gasteiger partial charge in [0.25, 0.3) is 0 Å². The van der Waals surface area contributed by atoms with E-state index < -0.39 is 0 Å². The van der Waals surface area contributed by atoms with Crippen LogP contribution in [0.25, 0.3) is 11.3 Å². The number of amides is 1. The number of nitrogens with zero attached hydrogens (tertiary/aromatic N) is 4. The number of hydrogen-bond donors (Lipinski definition) is 0. The maximum atomic E-state index is 12.8. The molecule has 0 saturated carbocycles. The molecule has 2 aromatic heterocycles. The first-order chi connectivity index (χ1) is 13.7. The van der Waals surface area contributed by atoms with Crippen molar-refractivity contribution in [2.75, 3.05) is 13.1 Å². The molecule has 28 heavy (non-hydrogen) atoms. The molecule has 1 aromatic carbocycles. The van der Waals surface area contributed by atoms with Crippen LogP contribution in [0.4, 0.5) is 0 Å². The first-order valence-electron chi connectivity index (χ1n) is 9.75. The summed E-state index contributed by atoms with van der Waals surface area (Å²) in [7, 11) is 0. The van der Waals surface area contributed by atoms with Crippen LogP contribution in [0.15, 0.2) is 61.2 Å². The summed E-state index contributed by atoms with van der Waals surface area (Å²) in [4.78, 5) is 28.1. The van der Waals surface area contributed by atoms with Gasteiger partial charge in [0.2, 0.25) is 5.91 Å².